The van der Waals surface area contributed by atoms with E-state index in [4.69, 9.17) is 14.2 Å². The highest BCUT2D eigenvalue weighted by Gasteiger charge is 2.34. The number of hydrogen-bond acceptors (Lipinski definition) is 4. The first-order valence-corrected chi connectivity index (χ1v) is 7.30. The van der Waals surface area contributed by atoms with Gasteiger partial charge in [0.1, 0.15) is 11.4 Å². The van der Waals surface area contributed by atoms with Gasteiger partial charge in [-0.05, 0) is 40.8 Å². The van der Waals surface area contributed by atoms with E-state index in [2.05, 4.69) is 19.2 Å². The third-order valence-corrected chi connectivity index (χ3v) is 3.48. The lowest BCUT2D eigenvalue weighted by molar-refractivity contribution is 0.0668. The molecule has 1 heterocycles. The second-order valence-electron chi connectivity index (χ2n) is 5.61. The Labute approximate surface area is 121 Å². The van der Waals surface area contributed by atoms with Gasteiger partial charge in [-0.15, -0.1) is 0 Å². The molecule has 1 aliphatic heterocycles. The minimum Gasteiger partial charge on any atom is -0.490 e. The molecule has 1 aliphatic rings. The van der Waals surface area contributed by atoms with Crippen molar-refractivity contribution >= 4 is 0 Å². The van der Waals surface area contributed by atoms with Crippen LogP contribution in [-0.2, 0) is 0 Å². The van der Waals surface area contributed by atoms with E-state index in [0.29, 0.717) is 13.2 Å². The van der Waals surface area contributed by atoms with E-state index in [9.17, 15) is 0 Å². The van der Waals surface area contributed by atoms with Crippen molar-refractivity contribution in [1.29, 1.82) is 0 Å². The minimum atomic E-state index is -0.183. The molecule has 1 atom stereocenters. The summed E-state index contributed by atoms with van der Waals surface area (Å²) >= 11 is 0. The molecule has 0 saturated heterocycles. The standard InChI is InChI=1S/C16H25NO3/c1-6-18-14-8-11-12(17-5)10-16(3,4)20-13(11)9-15(14)19-7-2/h8-9,12,17H,6-7,10H2,1-5H3. The number of hydrogen-bond donors (Lipinski definition) is 1. The summed E-state index contributed by atoms with van der Waals surface area (Å²) in [7, 11) is 1.98. The number of fused-ring (bicyclic) bond motifs is 1. The van der Waals surface area contributed by atoms with Crippen molar-refractivity contribution in [2.45, 2.75) is 45.8 Å². The third-order valence-electron chi connectivity index (χ3n) is 3.48. The highest BCUT2D eigenvalue weighted by molar-refractivity contribution is 5.53. The Morgan fingerprint density at radius 1 is 1.20 bits per heavy atom. The van der Waals surface area contributed by atoms with Crippen LogP contribution in [0.15, 0.2) is 12.1 Å². The Morgan fingerprint density at radius 3 is 2.35 bits per heavy atom. The zero-order valence-corrected chi connectivity index (χ0v) is 13.1. The van der Waals surface area contributed by atoms with Crippen LogP contribution in [0.3, 0.4) is 0 Å². The van der Waals surface area contributed by atoms with Gasteiger partial charge in [-0.1, -0.05) is 0 Å². The zero-order valence-electron chi connectivity index (χ0n) is 13.1. The number of ether oxygens (including phenoxy) is 3. The SMILES string of the molecule is CCOc1cc2c(cc1OCC)C(NC)CC(C)(C)O2. The molecule has 0 aliphatic carbocycles. The molecule has 0 fully saturated rings. The van der Waals surface area contributed by atoms with Crippen molar-refractivity contribution in [2.24, 2.45) is 0 Å². The average Bonchev–Trinajstić information content (AvgIpc) is 2.38. The molecule has 20 heavy (non-hydrogen) atoms. The van der Waals surface area contributed by atoms with Gasteiger partial charge in [-0.25, -0.2) is 0 Å². The molecule has 0 saturated carbocycles. The molecular formula is C16H25NO3. The maximum Gasteiger partial charge on any atom is 0.164 e. The van der Waals surface area contributed by atoms with Crippen molar-refractivity contribution in [3.8, 4) is 17.2 Å². The van der Waals surface area contributed by atoms with Crippen molar-refractivity contribution < 1.29 is 14.2 Å². The Bertz CT molecular complexity index is 471. The molecule has 0 amide bonds. The summed E-state index contributed by atoms with van der Waals surface area (Å²) < 4.78 is 17.5. The van der Waals surface area contributed by atoms with Gasteiger partial charge in [-0.2, -0.15) is 0 Å². The van der Waals surface area contributed by atoms with E-state index in [1.165, 1.54) is 0 Å². The molecule has 0 radical (unpaired) electrons. The van der Waals surface area contributed by atoms with E-state index in [0.717, 1.165) is 29.2 Å². The van der Waals surface area contributed by atoms with Crippen LogP contribution in [0.5, 0.6) is 17.2 Å². The topological polar surface area (TPSA) is 39.7 Å². The van der Waals surface area contributed by atoms with Crippen LogP contribution in [0.2, 0.25) is 0 Å². The lowest BCUT2D eigenvalue weighted by Gasteiger charge is -2.38. The molecule has 1 aromatic rings. The van der Waals surface area contributed by atoms with Crippen LogP contribution in [0, 0.1) is 0 Å². The highest BCUT2D eigenvalue weighted by Crippen LogP contribution is 2.44. The molecule has 0 spiro atoms. The third kappa shape index (κ3) is 3.01. The van der Waals surface area contributed by atoms with E-state index < -0.39 is 0 Å². The predicted octanol–water partition coefficient (Wildman–Crippen LogP) is 3.31. The maximum absolute atomic E-state index is 6.10. The van der Waals surface area contributed by atoms with Crippen LogP contribution in [0.1, 0.15) is 45.7 Å². The quantitative estimate of drug-likeness (QED) is 0.897. The molecule has 1 unspecified atom stereocenters. The van der Waals surface area contributed by atoms with Crippen LogP contribution in [0.4, 0.5) is 0 Å². The molecular weight excluding hydrogens is 254 g/mol. The summed E-state index contributed by atoms with van der Waals surface area (Å²) in [5, 5.41) is 3.36. The Kier molecular flexibility index (Phi) is 4.43. The van der Waals surface area contributed by atoms with Crippen molar-refractivity contribution in [1.82, 2.24) is 5.32 Å². The van der Waals surface area contributed by atoms with Crippen LogP contribution in [0.25, 0.3) is 0 Å². The number of benzene rings is 1. The van der Waals surface area contributed by atoms with E-state index in [-0.39, 0.29) is 11.6 Å². The molecule has 1 N–H and O–H groups in total. The van der Waals surface area contributed by atoms with E-state index in [1.807, 2.05) is 33.0 Å². The van der Waals surface area contributed by atoms with Crippen molar-refractivity contribution in [3.05, 3.63) is 17.7 Å². The normalized spacial score (nSPS) is 19.9. The minimum absolute atomic E-state index is 0.183. The first-order chi connectivity index (χ1) is 9.50. The maximum atomic E-state index is 6.10. The van der Waals surface area contributed by atoms with Gasteiger partial charge in [0, 0.05) is 24.1 Å². The van der Waals surface area contributed by atoms with Crippen LogP contribution in [-0.4, -0.2) is 25.9 Å². The lowest BCUT2D eigenvalue weighted by atomic mass is 9.89. The summed E-state index contributed by atoms with van der Waals surface area (Å²) in [6.45, 7) is 9.39. The smallest absolute Gasteiger partial charge is 0.164 e. The first kappa shape index (κ1) is 15.0. The fourth-order valence-corrected chi connectivity index (χ4v) is 2.65. The molecule has 2 rings (SSSR count). The summed E-state index contributed by atoms with van der Waals surface area (Å²) in [4.78, 5) is 0. The Hall–Kier alpha value is -1.42. The molecule has 1 aromatic carbocycles. The summed E-state index contributed by atoms with van der Waals surface area (Å²) in [5.41, 5.74) is 0.954. The fraction of sp³-hybridized carbons (Fsp3) is 0.625. The number of rotatable bonds is 5. The second-order valence-corrected chi connectivity index (χ2v) is 5.61. The summed E-state index contributed by atoms with van der Waals surface area (Å²) in [6, 6.07) is 4.26. The highest BCUT2D eigenvalue weighted by atomic mass is 16.5. The van der Waals surface area contributed by atoms with Gasteiger partial charge in [0.15, 0.2) is 11.5 Å². The van der Waals surface area contributed by atoms with Gasteiger partial charge in [0.05, 0.1) is 13.2 Å². The molecule has 0 bridgehead atoms. The van der Waals surface area contributed by atoms with E-state index in [1.54, 1.807) is 0 Å². The van der Waals surface area contributed by atoms with Crippen LogP contribution < -0.4 is 19.5 Å². The van der Waals surface area contributed by atoms with E-state index >= 15 is 0 Å². The number of nitrogens with one attached hydrogen (secondary N) is 1. The largest absolute Gasteiger partial charge is 0.490 e. The lowest BCUT2D eigenvalue weighted by Crippen LogP contribution is -2.38. The molecule has 0 aromatic heterocycles. The molecule has 4 heteroatoms. The Balaban J connectivity index is 2.46. The Morgan fingerprint density at radius 2 is 1.80 bits per heavy atom. The van der Waals surface area contributed by atoms with Gasteiger partial charge >= 0.3 is 0 Å². The zero-order chi connectivity index (χ0) is 14.8. The molecule has 4 nitrogen and oxygen atoms in total. The average molecular weight is 279 g/mol. The van der Waals surface area contributed by atoms with Crippen LogP contribution >= 0.6 is 0 Å². The molecule has 112 valence electrons. The van der Waals surface area contributed by atoms with Gasteiger partial charge in [0.25, 0.3) is 0 Å². The van der Waals surface area contributed by atoms with Gasteiger partial charge < -0.3 is 19.5 Å². The van der Waals surface area contributed by atoms with Crippen molar-refractivity contribution in [2.75, 3.05) is 20.3 Å². The predicted molar refractivity (Wildman–Crippen MR) is 79.9 cm³/mol. The monoisotopic (exact) mass is 279 g/mol. The summed E-state index contributed by atoms with van der Waals surface area (Å²) in [5.74, 6) is 2.42. The second kappa shape index (κ2) is 5.92. The summed E-state index contributed by atoms with van der Waals surface area (Å²) in [6.07, 6.45) is 0.927. The first-order valence-electron chi connectivity index (χ1n) is 7.30. The van der Waals surface area contributed by atoms with Gasteiger partial charge in [-0.3, -0.25) is 0 Å². The fourth-order valence-electron chi connectivity index (χ4n) is 2.65. The van der Waals surface area contributed by atoms with Crippen molar-refractivity contribution in [3.63, 3.8) is 0 Å². The van der Waals surface area contributed by atoms with Gasteiger partial charge in [0.2, 0.25) is 0 Å².